The Balaban J connectivity index is 1.92. The van der Waals surface area contributed by atoms with E-state index in [0.29, 0.717) is 0 Å². The number of nitrogens with one attached hydrogen (secondary N) is 1. The minimum Gasteiger partial charge on any atom is -0.315 e. The summed E-state index contributed by atoms with van der Waals surface area (Å²) in [6.07, 6.45) is 2.89. The van der Waals surface area contributed by atoms with E-state index in [0.717, 1.165) is 49.1 Å². The Kier molecular flexibility index (Phi) is 3.91. The van der Waals surface area contributed by atoms with Gasteiger partial charge in [-0.05, 0) is 36.7 Å². The second-order valence-electron chi connectivity index (χ2n) is 5.13. The molecule has 4 nitrogen and oxygen atoms in total. The highest BCUT2D eigenvalue weighted by Gasteiger charge is 2.21. The van der Waals surface area contributed by atoms with Crippen molar-refractivity contribution in [1.82, 2.24) is 15.2 Å². The zero-order valence-corrected chi connectivity index (χ0v) is 11.4. The SMILES string of the molecule is N#CC(c1ccc2ncccc2c1)N1CCCNCC1. The maximum Gasteiger partial charge on any atom is 0.123 e. The van der Waals surface area contributed by atoms with Crippen molar-refractivity contribution in [3.63, 3.8) is 0 Å². The molecule has 0 aliphatic carbocycles. The third kappa shape index (κ3) is 2.64. The van der Waals surface area contributed by atoms with Crippen LogP contribution in [0.15, 0.2) is 36.5 Å². The van der Waals surface area contributed by atoms with E-state index in [1.807, 2.05) is 24.3 Å². The summed E-state index contributed by atoms with van der Waals surface area (Å²) in [7, 11) is 0. The first-order valence-corrected chi connectivity index (χ1v) is 7.07. The molecule has 102 valence electrons. The van der Waals surface area contributed by atoms with Crippen LogP contribution in [0.3, 0.4) is 0 Å². The van der Waals surface area contributed by atoms with Crippen LogP contribution in [-0.2, 0) is 0 Å². The van der Waals surface area contributed by atoms with E-state index in [1.165, 1.54) is 0 Å². The van der Waals surface area contributed by atoms with Crippen molar-refractivity contribution < 1.29 is 0 Å². The molecule has 1 aromatic heterocycles. The molecule has 0 amide bonds. The predicted octanol–water partition coefficient (Wildman–Crippen LogP) is 2.09. The van der Waals surface area contributed by atoms with E-state index in [9.17, 15) is 5.26 Å². The fraction of sp³-hybridized carbons (Fsp3) is 0.375. The fourth-order valence-corrected chi connectivity index (χ4v) is 2.76. The summed E-state index contributed by atoms with van der Waals surface area (Å²) >= 11 is 0. The Morgan fingerprint density at radius 1 is 1.25 bits per heavy atom. The fourth-order valence-electron chi connectivity index (χ4n) is 2.76. The normalized spacial score (nSPS) is 18.4. The van der Waals surface area contributed by atoms with Crippen molar-refractivity contribution in [3.8, 4) is 6.07 Å². The van der Waals surface area contributed by atoms with Crippen LogP contribution in [0.25, 0.3) is 10.9 Å². The van der Waals surface area contributed by atoms with E-state index in [4.69, 9.17) is 0 Å². The van der Waals surface area contributed by atoms with Crippen molar-refractivity contribution >= 4 is 10.9 Å². The number of nitriles is 1. The zero-order chi connectivity index (χ0) is 13.8. The molecule has 1 aromatic carbocycles. The van der Waals surface area contributed by atoms with Gasteiger partial charge in [0.1, 0.15) is 6.04 Å². The minimum atomic E-state index is -0.167. The molecule has 20 heavy (non-hydrogen) atoms. The molecule has 0 bridgehead atoms. The minimum absolute atomic E-state index is 0.167. The van der Waals surface area contributed by atoms with Crippen LogP contribution in [0.5, 0.6) is 0 Å². The molecule has 1 aliphatic heterocycles. The lowest BCUT2D eigenvalue weighted by Gasteiger charge is -2.25. The summed E-state index contributed by atoms with van der Waals surface area (Å²) in [6, 6.07) is 12.4. The van der Waals surface area contributed by atoms with E-state index in [-0.39, 0.29) is 6.04 Å². The van der Waals surface area contributed by atoms with Gasteiger partial charge in [0, 0.05) is 31.2 Å². The van der Waals surface area contributed by atoms with Crippen molar-refractivity contribution in [2.45, 2.75) is 12.5 Å². The number of aromatic nitrogens is 1. The number of hydrogen-bond acceptors (Lipinski definition) is 4. The maximum atomic E-state index is 9.57. The molecule has 1 saturated heterocycles. The van der Waals surface area contributed by atoms with E-state index in [2.05, 4.69) is 27.3 Å². The Hall–Kier alpha value is -1.96. The molecule has 2 heterocycles. The van der Waals surface area contributed by atoms with Crippen molar-refractivity contribution in [2.75, 3.05) is 26.2 Å². The highest BCUT2D eigenvalue weighted by atomic mass is 15.2. The molecular weight excluding hydrogens is 248 g/mol. The molecule has 3 rings (SSSR count). The Labute approximate surface area is 119 Å². The third-order valence-corrected chi connectivity index (χ3v) is 3.80. The molecule has 1 N–H and O–H groups in total. The van der Waals surface area contributed by atoms with Gasteiger partial charge in [0.15, 0.2) is 0 Å². The highest BCUT2D eigenvalue weighted by molar-refractivity contribution is 5.79. The van der Waals surface area contributed by atoms with Crippen LogP contribution in [0.4, 0.5) is 0 Å². The molecule has 4 heteroatoms. The molecule has 0 spiro atoms. The molecule has 0 saturated carbocycles. The van der Waals surface area contributed by atoms with E-state index in [1.54, 1.807) is 6.20 Å². The number of hydrogen-bond donors (Lipinski definition) is 1. The van der Waals surface area contributed by atoms with Gasteiger partial charge in [0.25, 0.3) is 0 Å². The van der Waals surface area contributed by atoms with Crippen LogP contribution in [0.2, 0.25) is 0 Å². The lowest BCUT2D eigenvalue weighted by Crippen LogP contribution is -2.31. The summed E-state index contributed by atoms with van der Waals surface area (Å²) < 4.78 is 0. The summed E-state index contributed by atoms with van der Waals surface area (Å²) in [4.78, 5) is 6.59. The second kappa shape index (κ2) is 6.00. The number of nitrogens with zero attached hydrogens (tertiary/aromatic N) is 3. The van der Waals surface area contributed by atoms with Crippen molar-refractivity contribution in [2.24, 2.45) is 0 Å². The predicted molar refractivity (Wildman–Crippen MR) is 79.2 cm³/mol. The molecular formula is C16H18N4. The van der Waals surface area contributed by atoms with Crippen LogP contribution >= 0.6 is 0 Å². The van der Waals surface area contributed by atoms with Gasteiger partial charge < -0.3 is 5.32 Å². The van der Waals surface area contributed by atoms with Crippen LogP contribution in [0, 0.1) is 11.3 Å². The van der Waals surface area contributed by atoms with E-state index < -0.39 is 0 Å². The first-order valence-electron chi connectivity index (χ1n) is 7.07. The number of pyridine rings is 1. The largest absolute Gasteiger partial charge is 0.315 e. The third-order valence-electron chi connectivity index (χ3n) is 3.80. The van der Waals surface area contributed by atoms with Crippen LogP contribution in [-0.4, -0.2) is 36.1 Å². The van der Waals surface area contributed by atoms with Crippen LogP contribution < -0.4 is 5.32 Å². The molecule has 1 atom stereocenters. The van der Waals surface area contributed by atoms with Gasteiger partial charge in [-0.15, -0.1) is 0 Å². The summed E-state index contributed by atoms with van der Waals surface area (Å²) in [5, 5.41) is 14.0. The summed E-state index contributed by atoms with van der Waals surface area (Å²) in [5.74, 6) is 0. The number of benzene rings is 1. The monoisotopic (exact) mass is 266 g/mol. The Morgan fingerprint density at radius 2 is 2.20 bits per heavy atom. The smallest absolute Gasteiger partial charge is 0.123 e. The zero-order valence-electron chi connectivity index (χ0n) is 11.4. The lowest BCUT2D eigenvalue weighted by molar-refractivity contribution is 0.252. The van der Waals surface area contributed by atoms with Gasteiger partial charge in [-0.2, -0.15) is 5.26 Å². The average Bonchev–Trinajstić information content (AvgIpc) is 2.77. The van der Waals surface area contributed by atoms with Gasteiger partial charge >= 0.3 is 0 Å². The molecule has 2 aromatic rings. The van der Waals surface area contributed by atoms with Gasteiger partial charge in [-0.25, -0.2) is 0 Å². The van der Waals surface area contributed by atoms with Gasteiger partial charge in [0.05, 0.1) is 11.6 Å². The average molecular weight is 266 g/mol. The highest BCUT2D eigenvalue weighted by Crippen LogP contribution is 2.24. The molecule has 1 unspecified atom stereocenters. The van der Waals surface area contributed by atoms with Crippen LogP contribution in [0.1, 0.15) is 18.0 Å². The Bertz CT molecular complexity index is 624. The number of fused-ring (bicyclic) bond motifs is 1. The van der Waals surface area contributed by atoms with Gasteiger partial charge in [-0.3, -0.25) is 9.88 Å². The van der Waals surface area contributed by atoms with E-state index >= 15 is 0 Å². The number of rotatable bonds is 2. The maximum absolute atomic E-state index is 9.57. The lowest BCUT2D eigenvalue weighted by atomic mass is 10.0. The first-order chi connectivity index (χ1) is 9.88. The second-order valence-corrected chi connectivity index (χ2v) is 5.13. The van der Waals surface area contributed by atoms with Gasteiger partial charge in [-0.1, -0.05) is 12.1 Å². The summed E-state index contributed by atoms with van der Waals surface area (Å²) in [6.45, 7) is 3.88. The molecule has 1 aliphatic rings. The van der Waals surface area contributed by atoms with Crippen molar-refractivity contribution in [1.29, 1.82) is 5.26 Å². The quantitative estimate of drug-likeness (QED) is 0.904. The Morgan fingerprint density at radius 3 is 3.10 bits per heavy atom. The standard InChI is InChI=1S/C16H18N4/c17-12-16(20-9-2-6-18-8-10-20)14-4-5-15-13(11-14)3-1-7-19-15/h1,3-5,7,11,16,18H,2,6,8-10H2. The van der Waals surface area contributed by atoms with Gasteiger partial charge in [0.2, 0.25) is 0 Å². The van der Waals surface area contributed by atoms with Crippen molar-refractivity contribution in [3.05, 3.63) is 42.1 Å². The molecule has 0 radical (unpaired) electrons. The summed E-state index contributed by atoms with van der Waals surface area (Å²) in [5.41, 5.74) is 2.04. The first kappa shape index (κ1) is 13.0. The topological polar surface area (TPSA) is 52.0 Å². The molecule has 1 fully saturated rings.